The first-order valence-corrected chi connectivity index (χ1v) is 7.47. The van der Waals surface area contributed by atoms with Crippen molar-refractivity contribution in [3.63, 3.8) is 0 Å². The summed E-state index contributed by atoms with van der Waals surface area (Å²) in [5, 5.41) is 14.0. The number of benzene rings is 1. The normalized spacial score (nSPS) is 24.0. The number of hydrogen-bond acceptors (Lipinski definition) is 4. The Morgan fingerprint density at radius 1 is 1.40 bits per heavy atom. The summed E-state index contributed by atoms with van der Waals surface area (Å²) in [5.41, 5.74) is 0.620. The van der Waals surface area contributed by atoms with Crippen molar-refractivity contribution >= 4 is 0 Å². The number of ether oxygens (including phenoxy) is 2. The van der Waals surface area contributed by atoms with Crippen LogP contribution < -0.4 is 14.8 Å². The molecule has 0 amide bonds. The Balaban J connectivity index is 1.72. The Labute approximate surface area is 120 Å². The second-order valence-corrected chi connectivity index (χ2v) is 5.91. The highest BCUT2D eigenvalue weighted by atomic mass is 16.5. The zero-order valence-electron chi connectivity index (χ0n) is 12.0. The Bertz CT molecular complexity index is 469. The third-order valence-electron chi connectivity index (χ3n) is 4.47. The third kappa shape index (κ3) is 2.76. The average Bonchev–Trinajstić information content (AvgIpc) is 2.91. The maximum atomic E-state index is 10.5. The van der Waals surface area contributed by atoms with Crippen molar-refractivity contribution in [3.8, 4) is 11.5 Å². The SMILES string of the molecule is COc1ccc2c(c1)C(NCC1(O)CCCC1)CCO2. The van der Waals surface area contributed by atoms with Gasteiger partial charge in [-0.3, -0.25) is 0 Å². The molecule has 1 aliphatic heterocycles. The quantitative estimate of drug-likeness (QED) is 0.887. The minimum atomic E-state index is -0.517. The summed E-state index contributed by atoms with van der Waals surface area (Å²) in [4.78, 5) is 0. The molecule has 20 heavy (non-hydrogen) atoms. The third-order valence-corrected chi connectivity index (χ3v) is 4.47. The lowest BCUT2D eigenvalue weighted by Crippen LogP contribution is -2.40. The molecule has 1 atom stereocenters. The Kier molecular flexibility index (Phi) is 3.85. The number of methoxy groups -OCH3 is 1. The summed E-state index contributed by atoms with van der Waals surface area (Å²) in [5.74, 6) is 1.77. The van der Waals surface area contributed by atoms with E-state index in [0.29, 0.717) is 6.54 Å². The molecule has 0 spiro atoms. The predicted octanol–water partition coefficient (Wildman–Crippen LogP) is 2.41. The van der Waals surface area contributed by atoms with E-state index in [-0.39, 0.29) is 6.04 Å². The van der Waals surface area contributed by atoms with Crippen LogP contribution >= 0.6 is 0 Å². The van der Waals surface area contributed by atoms with Crippen LogP contribution in [0.4, 0.5) is 0 Å². The summed E-state index contributed by atoms with van der Waals surface area (Å²) in [7, 11) is 1.68. The Morgan fingerprint density at radius 2 is 2.20 bits per heavy atom. The van der Waals surface area contributed by atoms with E-state index in [1.807, 2.05) is 18.2 Å². The first kappa shape index (κ1) is 13.7. The molecule has 0 bridgehead atoms. The lowest BCUT2D eigenvalue weighted by molar-refractivity contribution is 0.0431. The second kappa shape index (κ2) is 5.62. The maximum Gasteiger partial charge on any atom is 0.124 e. The second-order valence-electron chi connectivity index (χ2n) is 5.91. The molecular formula is C16H23NO3. The van der Waals surface area contributed by atoms with Gasteiger partial charge in [0.1, 0.15) is 11.5 Å². The Hall–Kier alpha value is -1.26. The van der Waals surface area contributed by atoms with Gasteiger partial charge in [-0.2, -0.15) is 0 Å². The van der Waals surface area contributed by atoms with E-state index in [1.165, 1.54) is 0 Å². The molecule has 1 aromatic carbocycles. The van der Waals surface area contributed by atoms with E-state index in [2.05, 4.69) is 5.32 Å². The van der Waals surface area contributed by atoms with Gasteiger partial charge in [-0.25, -0.2) is 0 Å². The first-order valence-electron chi connectivity index (χ1n) is 7.47. The van der Waals surface area contributed by atoms with Crippen molar-refractivity contribution in [2.45, 2.75) is 43.7 Å². The van der Waals surface area contributed by atoms with E-state index < -0.39 is 5.60 Å². The van der Waals surface area contributed by atoms with Gasteiger partial charge in [0.15, 0.2) is 0 Å². The van der Waals surface area contributed by atoms with Crippen LogP contribution in [0, 0.1) is 0 Å². The van der Waals surface area contributed by atoms with Gasteiger partial charge in [0.25, 0.3) is 0 Å². The number of aliphatic hydroxyl groups is 1. The molecule has 2 aliphatic rings. The van der Waals surface area contributed by atoms with Crippen molar-refractivity contribution in [2.75, 3.05) is 20.3 Å². The zero-order chi connectivity index (χ0) is 14.0. The molecule has 4 nitrogen and oxygen atoms in total. The molecular weight excluding hydrogens is 254 g/mol. The molecule has 2 N–H and O–H groups in total. The Morgan fingerprint density at radius 3 is 2.95 bits per heavy atom. The van der Waals surface area contributed by atoms with Gasteiger partial charge in [0, 0.05) is 24.6 Å². The van der Waals surface area contributed by atoms with Crippen molar-refractivity contribution in [3.05, 3.63) is 23.8 Å². The van der Waals surface area contributed by atoms with E-state index in [9.17, 15) is 5.11 Å². The fraction of sp³-hybridized carbons (Fsp3) is 0.625. The number of rotatable bonds is 4. The van der Waals surface area contributed by atoms with Crippen LogP contribution in [0.1, 0.15) is 43.7 Å². The number of fused-ring (bicyclic) bond motifs is 1. The van der Waals surface area contributed by atoms with Gasteiger partial charge in [-0.1, -0.05) is 12.8 Å². The van der Waals surface area contributed by atoms with Gasteiger partial charge in [0.05, 0.1) is 19.3 Å². The van der Waals surface area contributed by atoms with E-state index >= 15 is 0 Å². The summed E-state index contributed by atoms with van der Waals surface area (Å²) >= 11 is 0. The molecule has 1 heterocycles. The molecule has 0 saturated heterocycles. The highest BCUT2D eigenvalue weighted by Gasteiger charge is 2.32. The van der Waals surface area contributed by atoms with E-state index in [0.717, 1.165) is 55.8 Å². The molecule has 110 valence electrons. The van der Waals surface area contributed by atoms with E-state index in [1.54, 1.807) is 7.11 Å². The first-order chi connectivity index (χ1) is 9.70. The zero-order valence-corrected chi connectivity index (χ0v) is 12.0. The molecule has 0 radical (unpaired) electrons. The highest BCUT2D eigenvalue weighted by Crippen LogP contribution is 2.36. The summed E-state index contributed by atoms with van der Waals surface area (Å²) in [6.07, 6.45) is 5.02. The average molecular weight is 277 g/mol. The molecule has 1 aromatic rings. The smallest absolute Gasteiger partial charge is 0.124 e. The molecule has 1 aliphatic carbocycles. The largest absolute Gasteiger partial charge is 0.497 e. The fourth-order valence-corrected chi connectivity index (χ4v) is 3.23. The fourth-order valence-electron chi connectivity index (χ4n) is 3.23. The summed E-state index contributed by atoms with van der Waals surface area (Å²) < 4.78 is 11.0. The summed E-state index contributed by atoms with van der Waals surface area (Å²) in [6.45, 7) is 1.38. The van der Waals surface area contributed by atoms with Gasteiger partial charge in [0.2, 0.25) is 0 Å². The lowest BCUT2D eigenvalue weighted by atomic mass is 9.97. The summed E-state index contributed by atoms with van der Waals surface area (Å²) in [6, 6.07) is 6.15. The van der Waals surface area contributed by atoms with Gasteiger partial charge < -0.3 is 19.9 Å². The van der Waals surface area contributed by atoms with Crippen LogP contribution in [0.2, 0.25) is 0 Å². The molecule has 1 saturated carbocycles. The lowest BCUT2D eigenvalue weighted by Gasteiger charge is -2.31. The van der Waals surface area contributed by atoms with Crippen LogP contribution in [0.3, 0.4) is 0 Å². The molecule has 4 heteroatoms. The predicted molar refractivity (Wildman–Crippen MR) is 77.3 cm³/mol. The number of nitrogens with one attached hydrogen (secondary N) is 1. The standard InChI is InChI=1S/C16H23NO3/c1-19-12-4-5-15-13(10-12)14(6-9-20-15)17-11-16(18)7-2-3-8-16/h4-5,10,14,17-18H,2-3,6-9,11H2,1H3. The van der Waals surface area contributed by atoms with Crippen LogP contribution in [0.25, 0.3) is 0 Å². The minimum absolute atomic E-state index is 0.235. The molecule has 1 fully saturated rings. The molecule has 0 aromatic heterocycles. The van der Waals surface area contributed by atoms with Crippen LogP contribution in [-0.4, -0.2) is 31.0 Å². The van der Waals surface area contributed by atoms with Crippen molar-refractivity contribution in [1.29, 1.82) is 0 Å². The monoisotopic (exact) mass is 277 g/mol. The van der Waals surface area contributed by atoms with Crippen molar-refractivity contribution < 1.29 is 14.6 Å². The van der Waals surface area contributed by atoms with Crippen LogP contribution in [0.5, 0.6) is 11.5 Å². The maximum absolute atomic E-state index is 10.5. The van der Waals surface area contributed by atoms with Crippen LogP contribution in [0.15, 0.2) is 18.2 Å². The van der Waals surface area contributed by atoms with Crippen molar-refractivity contribution in [2.24, 2.45) is 0 Å². The van der Waals surface area contributed by atoms with Gasteiger partial charge in [-0.05, 0) is 31.0 Å². The highest BCUT2D eigenvalue weighted by molar-refractivity contribution is 5.43. The number of hydrogen-bond donors (Lipinski definition) is 2. The van der Waals surface area contributed by atoms with E-state index in [4.69, 9.17) is 9.47 Å². The van der Waals surface area contributed by atoms with Crippen molar-refractivity contribution in [1.82, 2.24) is 5.32 Å². The minimum Gasteiger partial charge on any atom is -0.497 e. The molecule has 3 rings (SSSR count). The van der Waals surface area contributed by atoms with Gasteiger partial charge >= 0.3 is 0 Å². The van der Waals surface area contributed by atoms with Crippen LogP contribution in [-0.2, 0) is 0 Å². The molecule has 1 unspecified atom stereocenters. The topological polar surface area (TPSA) is 50.7 Å². The van der Waals surface area contributed by atoms with Gasteiger partial charge in [-0.15, -0.1) is 0 Å².